The molecule has 1 N–H and O–H groups in total. The van der Waals surface area contributed by atoms with Crippen LogP contribution in [0.4, 0.5) is 0 Å². The summed E-state index contributed by atoms with van der Waals surface area (Å²) >= 11 is 0. The van der Waals surface area contributed by atoms with Crippen molar-refractivity contribution in [2.24, 2.45) is 0 Å². The van der Waals surface area contributed by atoms with Crippen molar-refractivity contribution in [3.63, 3.8) is 0 Å². The first-order chi connectivity index (χ1) is 1.41. The van der Waals surface area contributed by atoms with E-state index in [1.54, 1.807) is 6.92 Å². The average Bonchev–Trinajstić information content (AvgIpc) is 0.918. The second kappa shape index (κ2) is 16.6. The smallest absolute Gasteiger partial charge is 1.00 e. The van der Waals surface area contributed by atoms with Gasteiger partial charge >= 0.3 is 58.2 Å². The van der Waals surface area contributed by atoms with Crippen LogP contribution < -0.4 is 70.6 Å². The third kappa shape index (κ3) is 23.6. The molecule has 0 heterocycles. The molecular weight excluding hydrogens is 161 g/mol. The minimum atomic E-state index is 0. The predicted octanol–water partition coefficient (Wildman–Crippen LogP) is -5.99. The standard InChI is InChI=1S/C2H6O.ClH.Rb/c1-2-3;;/h3H,2H2,1H3;1H;/q;;+1/p-1. The number of aliphatic hydroxyl groups excluding tert-OH is 1. The molecule has 0 rings (SSSR count). The van der Waals surface area contributed by atoms with Gasteiger partial charge in [-0.1, -0.05) is 0 Å². The maximum atomic E-state index is 7.57. The quantitative estimate of drug-likeness (QED) is 0.381. The van der Waals surface area contributed by atoms with E-state index in [4.69, 9.17) is 5.11 Å². The van der Waals surface area contributed by atoms with Crippen molar-refractivity contribution >= 4 is 0 Å². The van der Waals surface area contributed by atoms with E-state index in [-0.39, 0.29) is 77.2 Å². The van der Waals surface area contributed by atoms with Crippen LogP contribution in [-0.4, -0.2) is 11.7 Å². The second-order valence-corrected chi connectivity index (χ2v) is 0.316. The molecule has 0 bridgehead atoms. The largest absolute Gasteiger partial charge is 1.00 e. The first-order valence-electron chi connectivity index (χ1n) is 1.02. The van der Waals surface area contributed by atoms with E-state index in [1.807, 2.05) is 0 Å². The molecule has 28 valence electrons. The maximum Gasteiger partial charge on any atom is 1.00 e. The van der Waals surface area contributed by atoms with E-state index in [2.05, 4.69) is 0 Å². The summed E-state index contributed by atoms with van der Waals surface area (Å²) in [4.78, 5) is 0. The SMILES string of the molecule is CCO.[Cl-].[Rb+]. The molecule has 0 saturated carbocycles. The van der Waals surface area contributed by atoms with E-state index >= 15 is 0 Å². The first kappa shape index (κ1) is 15.7. The van der Waals surface area contributed by atoms with Gasteiger partial charge in [-0.25, -0.2) is 0 Å². The Morgan fingerprint density at radius 2 is 1.60 bits per heavy atom. The summed E-state index contributed by atoms with van der Waals surface area (Å²) in [5, 5.41) is 7.57. The Bertz CT molecular complexity index is 9.61. The van der Waals surface area contributed by atoms with Gasteiger partial charge in [0.25, 0.3) is 0 Å². The number of aliphatic hydroxyl groups is 1. The molecule has 3 heteroatoms. The van der Waals surface area contributed by atoms with Crippen LogP contribution in [0.2, 0.25) is 0 Å². The summed E-state index contributed by atoms with van der Waals surface area (Å²) in [6.07, 6.45) is 0. The number of halogens is 1. The van der Waals surface area contributed by atoms with E-state index < -0.39 is 0 Å². The van der Waals surface area contributed by atoms with Crippen molar-refractivity contribution in [3.05, 3.63) is 0 Å². The van der Waals surface area contributed by atoms with Gasteiger partial charge in [0.2, 0.25) is 0 Å². The van der Waals surface area contributed by atoms with Crippen molar-refractivity contribution in [1.82, 2.24) is 0 Å². The van der Waals surface area contributed by atoms with Crippen LogP contribution in [-0.2, 0) is 0 Å². The first-order valence-corrected chi connectivity index (χ1v) is 1.02. The van der Waals surface area contributed by atoms with Gasteiger partial charge in [0.1, 0.15) is 0 Å². The third-order valence-electron chi connectivity index (χ3n) is 0. The molecule has 0 radical (unpaired) electrons. The van der Waals surface area contributed by atoms with Gasteiger partial charge in [-0.3, -0.25) is 0 Å². The molecule has 0 aromatic carbocycles. The molecule has 0 aromatic rings. The molecule has 0 fully saturated rings. The molecule has 0 aliphatic carbocycles. The second-order valence-electron chi connectivity index (χ2n) is 0.316. The molecule has 0 aromatic heterocycles. The normalized spacial score (nSPS) is 3.60. The zero-order chi connectivity index (χ0) is 2.71. The Hall–Kier alpha value is 2.06. The summed E-state index contributed by atoms with van der Waals surface area (Å²) in [6, 6.07) is 0. The van der Waals surface area contributed by atoms with Gasteiger partial charge in [0.05, 0.1) is 0 Å². The average molecular weight is 167 g/mol. The van der Waals surface area contributed by atoms with Crippen molar-refractivity contribution < 1.29 is 75.7 Å². The minimum Gasteiger partial charge on any atom is -1.00 e. The van der Waals surface area contributed by atoms with Crippen LogP contribution in [0.1, 0.15) is 6.92 Å². The summed E-state index contributed by atoms with van der Waals surface area (Å²) < 4.78 is 0. The molecule has 0 unspecified atom stereocenters. The molecule has 0 aliphatic rings. The fourth-order valence-electron chi connectivity index (χ4n) is 0. The Morgan fingerprint density at radius 1 is 1.60 bits per heavy atom. The van der Waals surface area contributed by atoms with Gasteiger partial charge in [-0.15, -0.1) is 0 Å². The molecule has 5 heavy (non-hydrogen) atoms. The van der Waals surface area contributed by atoms with Gasteiger partial charge in [0, 0.05) is 6.61 Å². The number of hydrogen-bond donors (Lipinski definition) is 1. The van der Waals surface area contributed by atoms with Crippen LogP contribution in [0.5, 0.6) is 0 Å². The van der Waals surface area contributed by atoms with E-state index in [1.165, 1.54) is 0 Å². The fraction of sp³-hybridized carbons (Fsp3) is 1.00. The van der Waals surface area contributed by atoms with Crippen LogP contribution in [0.15, 0.2) is 0 Å². The van der Waals surface area contributed by atoms with Gasteiger partial charge in [-0.2, -0.15) is 0 Å². The van der Waals surface area contributed by atoms with Gasteiger partial charge in [-0.05, 0) is 6.92 Å². The topological polar surface area (TPSA) is 20.2 Å². The van der Waals surface area contributed by atoms with Gasteiger partial charge < -0.3 is 17.5 Å². The maximum absolute atomic E-state index is 7.57. The zero-order valence-electron chi connectivity index (χ0n) is 3.53. The fourth-order valence-corrected chi connectivity index (χ4v) is 0. The summed E-state index contributed by atoms with van der Waals surface area (Å²) in [6.45, 7) is 1.93. The van der Waals surface area contributed by atoms with E-state index in [9.17, 15) is 0 Å². The monoisotopic (exact) mass is 166 g/mol. The molecule has 0 aliphatic heterocycles. The Morgan fingerprint density at radius 3 is 1.60 bits per heavy atom. The van der Waals surface area contributed by atoms with Gasteiger partial charge in [0.15, 0.2) is 0 Å². The number of hydrogen-bond acceptors (Lipinski definition) is 1. The van der Waals surface area contributed by atoms with Crippen LogP contribution in [0, 0.1) is 0 Å². The Balaban J connectivity index is -0.0000000200. The minimum absolute atomic E-state index is 0. The molecule has 0 amide bonds. The summed E-state index contributed by atoms with van der Waals surface area (Å²) in [5.41, 5.74) is 0. The zero-order valence-corrected chi connectivity index (χ0v) is 9.20. The van der Waals surface area contributed by atoms with Crippen molar-refractivity contribution in [1.29, 1.82) is 0 Å². The van der Waals surface area contributed by atoms with E-state index in [0.29, 0.717) is 0 Å². The number of rotatable bonds is 0. The van der Waals surface area contributed by atoms with Crippen molar-refractivity contribution in [2.75, 3.05) is 6.61 Å². The molecule has 0 spiro atoms. The van der Waals surface area contributed by atoms with Crippen LogP contribution in [0.3, 0.4) is 0 Å². The molecule has 0 saturated heterocycles. The molecule has 0 atom stereocenters. The molecular formula is C2H6ClORb. The summed E-state index contributed by atoms with van der Waals surface area (Å²) in [5.74, 6) is 0. The molecule has 1 nitrogen and oxygen atoms in total. The van der Waals surface area contributed by atoms with Crippen molar-refractivity contribution in [2.45, 2.75) is 6.92 Å². The van der Waals surface area contributed by atoms with E-state index in [0.717, 1.165) is 0 Å². The summed E-state index contributed by atoms with van der Waals surface area (Å²) in [7, 11) is 0. The van der Waals surface area contributed by atoms with Crippen molar-refractivity contribution in [3.8, 4) is 0 Å². The van der Waals surface area contributed by atoms with Crippen LogP contribution in [0.25, 0.3) is 0 Å². The van der Waals surface area contributed by atoms with Crippen LogP contribution >= 0.6 is 0 Å². The Kier molecular flexibility index (Phi) is 52.2. The predicted molar refractivity (Wildman–Crippen MR) is 12.8 cm³/mol. The third-order valence-corrected chi connectivity index (χ3v) is 0. The Labute approximate surface area is 87.3 Å².